The number of hydrogen-bond donors (Lipinski definition) is 0. The van der Waals surface area contributed by atoms with Crippen LogP contribution in [0.15, 0.2) is 12.1 Å². The summed E-state index contributed by atoms with van der Waals surface area (Å²) < 4.78 is 13.5. The van der Waals surface area contributed by atoms with Crippen molar-refractivity contribution in [2.24, 2.45) is 11.3 Å². The molecule has 2 nitrogen and oxygen atoms in total. The molecular formula is C23H36O2P+. The van der Waals surface area contributed by atoms with E-state index in [9.17, 15) is 9.36 Å². The van der Waals surface area contributed by atoms with Gasteiger partial charge in [-0.2, -0.15) is 0 Å². The first kappa shape index (κ1) is 21.3. The summed E-state index contributed by atoms with van der Waals surface area (Å²) in [4.78, 5) is 13.6. The van der Waals surface area contributed by atoms with Crippen molar-refractivity contribution in [2.75, 3.05) is 6.16 Å². The standard InChI is InChI=1S/C23H36O2P/c1-16-12-18(3)20(19(4)13-16)21(24)23(10-8-9-11-23)26(25)15-17(2)14-22(5,6)7/h12-13,17H,8-11,14-15H2,1-7H3/q+1. The number of aryl methyl sites for hydroxylation is 3. The van der Waals surface area contributed by atoms with Gasteiger partial charge in [0.15, 0.2) is 0 Å². The first-order chi connectivity index (χ1) is 12.0. The van der Waals surface area contributed by atoms with E-state index in [0.29, 0.717) is 12.1 Å². The molecule has 0 saturated heterocycles. The minimum Gasteiger partial charge on any atom is -0.289 e. The third-order valence-electron chi connectivity index (χ3n) is 5.67. The molecule has 26 heavy (non-hydrogen) atoms. The molecule has 0 heterocycles. The minimum atomic E-state index is -1.55. The van der Waals surface area contributed by atoms with Crippen molar-refractivity contribution >= 4 is 13.6 Å². The number of benzene rings is 1. The predicted octanol–water partition coefficient (Wildman–Crippen LogP) is 7.01. The number of carbonyl (C=O) groups is 1. The van der Waals surface area contributed by atoms with Crippen molar-refractivity contribution in [2.45, 2.75) is 85.7 Å². The van der Waals surface area contributed by atoms with Crippen LogP contribution >= 0.6 is 7.80 Å². The number of ketones is 1. The van der Waals surface area contributed by atoms with Gasteiger partial charge in [0, 0.05) is 24.3 Å². The maximum atomic E-state index is 13.6. The summed E-state index contributed by atoms with van der Waals surface area (Å²) in [5, 5.41) is -0.633. The van der Waals surface area contributed by atoms with Gasteiger partial charge in [0.05, 0.1) is 0 Å². The van der Waals surface area contributed by atoms with Crippen LogP contribution in [0.2, 0.25) is 0 Å². The molecule has 2 atom stereocenters. The van der Waals surface area contributed by atoms with Crippen molar-refractivity contribution in [1.82, 2.24) is 0 Å². The molecule has 1 saturated carbocycles. The van der Waals surface area contributed by atoms with Crippen LogP contribution in [0, 0.1) is 32.1 Å². The third kappa shape index (κ3) is 4.63. The average Bonchev–Trinajstić information content (AvgIpc) is 2.94. The smallest absolute Gasteiger partial charge is 0.289 e. The van der Waals surface area contributed by atoms with Gasteiger partial charge in [0.2, 0.25) is 10.9 Å². The summed E-state index contributed by atoms with van der Waals surface area (Å²) >= 11 is 0. The van der Waals surface area contributed by atoms with Crippen LogP contribution in [-0.4, -0.2) is 17.1 Å². The van der Waals surface area contributed by atoms with Crippen LogP contribution in [0.25, 0.3) is 0 Å². The number of carbonyl (C=O) groups excluding carboxylic acids is 1. The fraction of sp³-hybridized carbons (Fsp3) is 0.696. The molecule has 2 rings (SSSR count). The van der Waals surface area contributed by atoms with E-state index in [1.54, 1.807) is 0 Å². The molecule has 0 spiro atoms. The Balaban J connectivity index is 2.32. The van der Waals surface area contributed by atoms with E-state index in [1.807, 2.05) is 13.8 Å². The Morgan fingerprint density at radius 2 is 1.62 bits per heavy atom. The van der Waals surface area contributed by atoms with Crippen LogP contribution in [0.1, 0.15) is 86.8 Å². The van der Waals surface area contributed by atoms with Crippen LogP contribution in [0.4, 0.5) is 0 Å². The van der Waals surface area contributed by atoms with Crippen LogP contribution < -0.4 is 0 Å². The second kappa shape index (κ2) is 7.93. The number of rotatable bonds is 6. The molecule has 0 radical (unpaired) electrons. The molecule has 1 aromatic carbocycles. The van der Waals surface area contributed by atoms with Crippen molar-refractivity contribution in [1.29, 1.82) is 0 Å². The fourth-order valence-electron chi connectivity index (χ4n) is 4.89. The molecule has 1 aliphatic carbocycles. The minimum absolute atomic E-state index is 0.147. The summed E-state index contributed by atoms with van der Waals surface area (Å²) in [7, 11) is -1.55. The lowest BCUT2D eigenvalue weighted by molar-refractivity contribution is 0.0939. The molecule has 1 aromatic rings. The highest BCUT2D eigenvalue weighted by atomic mass is 31.1. The highest BCUT2D eigenvalue weighted by Gasteiger charge is 2.57. The van der Waals surface area contributed by atoms with E-state index in [0.717, 1.165) is 48.8 Å². The summed E-state index contributed by atoms with van der Waals surface area (Å²) in [6.45, 7) is 15.0. The molecule has 0 bridgehead atoms. The lowest BCUT2D eigenvalue weighted by atomic mass is 9.86. The Bertz CT molecular complexity index is 668. The molecule has 1 fully saturated rings. The van der Waals surface area contributed by atoms with E-state index in [1.165, 1.54) is 5.56 Å². The van der Waals surface area contributed by atoms with Crippen LogP contribution in [0.5, 0.6) is 0 Å². The molecule has 0 N–H and O–H groups in total. The highest BCUT2D eigenvalue weighted by Crippen LogP contribution is 2.54. The first-order valence-electron chi connectivity index (χ1n) is 10.0. The van der Waals surface area contributed by atoms with Gasteiger partial charge in [-0.05, 0) is 56.6 Å². The normalized spacial score (nSPS) is 18.7. The second-order valence-electron chi connectivity index (χ2n) is 9.77. The first-order valence-corrected chi connectivity index (χ1v) is 11.5. The monoisotopic (exact) mass is 375 g/mol. The lowest BCUT2D eigenvalue weighted by Gasteiger charge is -2.24. The van der Waals surface area contributed by atoms with Gasteiger partial charge in [-0.15, -0.1) is 0 Å². The van der Waals surface area contributed by atoms with Gasteiger partial charge >= 0.3 is 7.80 Å². The zero-order valence-corrected chi connectivity index (χ0v) is 18.6. The average molecular weight is 376 g/mol. The van der Waals surface area contributed by atoms with Gasteiger partial charge in [-0.25, -0.2) is 0 Å². The number of Topliss-reactive ketones (excluding diaryl/α,β-unsaturated/α-hetero) is 1. The topological polar surface area (TPSA) is 34.1 Å². The Morgan fingerprint density at radius 3 is 2.08 bits per heavy atom. The lowest BCUT2D eigenvalue weighted by Crippen LogP contribution is -2.34. The molecular weight excluding hydrogens is 339 g/mol. The molecule has 0 aliphatic heterocycles. The molecule has 0 amide bonds. The van der Waals surface area contributed by atoms with E-state index >= 15 is 0 Å². The van der Waals surface area contributed by atoms with Crippen LogP contribution in [-0.2, 0) is 4.57 Å². The highest BCUT2D eigenvalue weighted by molar-refractivity contribution is 7.48. The van der Waals surface area contributed by atoms with E-state index in [2.05, 4.69) is 46.8 Å². The maximum Gasteiger partial charge on any atom is 0.353 e. The molecule has 2 unspecified atom stereocenters. The van der Waals surface area contributed by atoms with Gasteiger partial charge in [0.1, 0.15) is 6.16 Å². The van der Waals surface area contributed by atoms with Crippen molar-refractivity contribution < 1.29 is 9.36 Å². The summed E-state index contributed by atoms with van der Waals surface area (Å²) in [6, 6.07) is 4.16. The zero-order valence-electron chi connectivity index (χ0n) is 17.7. The van der Waals surface area contributed by atoms with Crippen LogP contribution in [0.3, 0.4) is 0 Å². The second-order valence-corrected chi connectivity index (χ2v) is 11.8. The summed E-state index contributed by atoms with van der Waals surface area (Å²) in [5.41, 5.74) is 4.30. The molecule has 1 aliphatic rings. The SMILES string of the molecule is Cc1cc(C)c(C(=O)C2([P+](=O)CC(C)CC(C)(C)C)CCCC2)c(C)c1. The summed E-state index contributed by atoms with van der Waals surface area (Å²) in [5.74, 6) is 0.526. The van der Waals surface area contributed by atoms with E-state index in [-0.39, 0.29) is 11.2 Å². The molecule has 0 aromatic heterocycles. The van der Waals surface area contributed by atoms with Gasteiger partial charge in [-0.1, -0.05) is 50.0 Å². The van der Waals surface area contributed by atoms with Crippen molar-refractivity contribution in [3.63, 3.8) is 0 Å². The molecule has 3 heteroatoms. The number of hydrogen-bond acceptors (Lipinski definition) is 2. The largest absolute Gasteiger partial charge is 0.353 e. The van der Waals surface area contributed by atoms with Gasteiger partial charge in [0.25, 0.3) is 0 Å². The Kier molecular flexibility index (Phi) is 6.49. The quantitative estimate of drug-likeness (QED) is 0.396. The van der Waals surface area contributed by atoms with E-state index < -0.39 is 13.0 Å². The van der Waals surface area contributed by atoms with Gasteiger partial charge < -0.3 is 0 Å². The van der Waals surface area contributed by atoms with Crippen molar-refractivity contribution in [3.8, 4) is 0 Å². The van der Waals surface area contributed by atoms with Crippen molar-refractivity contribution in [3.05, 3.63) is 34.4 Å². The third-order valence-corrected chi connectivity index (χ3v) is 8.23. The fourth-order valence-corrected chi connectivity index (χ4v) is 7.09. The predicted molar refractivity (Wildman–Crippen MR) is 112 cm³/mol. The zero-order chi connectivity index (χ0) is 19.7. The maximum absolute atomic E-state index is 13.6. The van der Waals surface area contributed by atoms with E-state index in [4.69, 9.17) is 0 Å². The molecule has 144 valence electrons. The van der Waals surface area contributed by atoms with Gasteiger partial charge in [-0.3, -0.25) is 4.79 Å². The summed E-state index contributed by atoms with van der Waals surface area (Å²) in [6.07, 6.45) is 5.32. The Labute approximate surface area is 160 Å². The Morgan fingerprint density at radius 1 is 1.12 bits per heavy atom. The Hall–Kier alpha value is -1.01.